The summed E-state index contributed by atoms with van der Waals surface area (Å²) in [5.74, 6) is 0.695. The lowest BCUT2D eigenvalue weighted by molar-refractivity contribution is 0.417. The number of ether oxygens (including phenoxy) is 1. The van der Waals surface area contributed by atoms with Gasteiger partial charge >= 0.3 is 0 Å². The van der Waals surface area contributed by atoms with Crippen LogP contribution in [0.25, 0.3) is 55.3 Å². The quantitative estimate of drug-likeness (QED) is 0.391. The normalized spacial score (nSPS) is 11.3. The number of nitrogens with one attached hydrogen (secondary N) is 1. The van der Waals surface area contributed by atoms with E-state index in [1.165, 1.54) is 0 Å². The molecule has 0 atom stereocenters. The van der Waals surface area contributed by atoms with Crippen LogP contribution in [-0.4, -0.2) is 31.8 Å². The minimum absolute atomic E-state index is 0.111. The second kappa shape index (κ2) is 8.22. The van der Waals surface area contributed by atoms with Gasteiger partial charge in [-0.2, -0.15) is 5.10 Å². The lowest BCUT2D eigenvalue weighted by Gasteiger charge is -2.13. The van der Waals surface area contributed by atoms with Gasteiger partial charge in [0.05, 0.1) is 18.3 Å². The molecule has 0 aliphatic rings. The smallest absolute Gasteiger partial charge is 0.255 e. The van der Waals surface area contributed by atoms with Gasteiger partial charge in [0.25, 0.3) is 5.56 Å². The van der Waals surface area contributed by atoms with Crippen LogP contribution in [0.3, 0.4) is 0 Å². The lowest BCUT2D eigenvalue weighted by Crippen LogP contribution is -2.04. The maximum absolute atomic E-state index is 12.2. The number of H-pyrrole nitrogens is 1. The number of hydrogen-bond acceptors (Lipinski definition) is 5. The largest absolute Gasteiger partial charge is 0.496 e. The van der Waals surface area contributed by atoms with Crippen LogP contribution in [0.15, 0.2) is 90.2 Å². The van der Waals surface area contributed by atoms with Crippen molar-refractivity contribution in [2.45, 2.75) is 0 Å². The molecule has 0 saturated heterocycles. The van der Waals surface area contributed by atoms with Crippen LogP contribution in [0.4, 0.5) is 0 Å². The highest BCUT2D eigenvalue weighted by atomic mass is 16.5. The van der Waals surface area contributed by atoms with Gasteiger partial charge in [-0.15, -0.1) is 0 Å². The van der Waals surface area contributed by atoms with Gasteiger partial charge < -0.3 is 9.72 Å². The third kappa shape index (κ3) is 3.54. The molecule has 0 fully saturated rings. The molecule has 170 valence electrons. The molecule has 0 amide bonds. The van der Waals surface area contributed by atoms with Crippen molar-refractivity contribution < 1.29 is 4.74 Å². The fourth-order valence-corrected chi connectivity index (χ4v) is 4.52. The molecule has 0 aliphatic carbocycles. The first kappa shape index (κ1) is 20.8. The molecule has 35 heavy (non-hydrogen) atoms. The molecule has 3 aromatic heterocycles. The number of fused-ring (bicyclic) bond motifs is 2. The molecule has 0 spiro atoms. The zero-order valence-electron chi connectivity index (χ0n) is 19.2. The summed E-state index contributed by atoms with van der Waals surface area (Å²) in [6, 6.07) is 21.7. The average molecular weight is 460 g/mol. The summed E-state index contributed by atoms with van der Waals surface area (Å²) < 4.78 is 7.54. The fraction of sp³-hybridized carbons (Fsp3) is 0.0714. The van der Waals surface area contributed by atoms with E-state index < -0.39 is 0 Å². The zero-order chi connectivity index (χ0) is 23.9. The van der Waals surface area contributed by atoms with E-state index in [-0.39, 0.29) is 5.56 Å². The molecule has 7 nitrogen and oxygen atoms in total. The molecule has 3 heterocycles. The molecule has 6 rings (SSSR count). The third-order valence-electron chi connectivity index (χ3n) is 6.17. The fourth-order valence-electron chi connectivity index (χ4n) is 4.52. The summed E-state index contributed by atoms with van der Waals surface area (Å²) in [7, 11) is 3.55. The zero-order valence-corrected chi connectivity index (χ0v) is 19.2. The van der Waals surface area contributed by atoms with Gasteiger partial charge in [0.2, 0.25) is 0 Å². The van der Waals surface area contributed by atoms with E-state index in [9.17, 15) is 4.79 Å². The van der Waals surface area contributed by atoms with Gasteiger partial charge in [-0.3, -0.25) is 9.48 Å². The van der Waals surface area contributed by atoms with Crippen LogP contribution in [-0.2, 0) is 7.05 Å². The average Bonchev–Trinajstić information content (AvgIpc) is 3.29. The second-order valence-electron chi connectivity index (χ2n) is 8.33. The number of aryl methyl sites for hydroxylation is 1. The first-order valence-electron chi connectivity index (χ1n) is 11.2. The lowest BCUT2D eigenvalue weighted by atomic mass is 9.97. The summed E-state index contributed by atoms with van der Waals surface area (Å²) >= 11 is 0. The van der Waals surface area contributed by atoms with Crippen molar-refractivity contribution in [1.29, 1.82) is 0 Å². The Morgan fingerprint density at radius 1 is 0.857 bits per heavy atom. The predicted molar refractivity (Wildman–Crippen MR) is 137 cm³/mol. The first-order chi connectivity index (χ1) is 17.1. The molecule has 0 bridgehead atoms. The van der Waals surface area contributed by atoms with E-state index >= 15 is 0 Å². The number of aromatic nitrogens is 5. The monoisotopic (exact) mass is 459 g/mol. The Morgan fingerprint density at radius 2 is 1.71 bits per heavy atom. The number of benzene rings is 3. The molecule has 0 saturated carbocycles. The van der Waals surface area contributed by atoms with Crippen LogP contribution in [0.2, 0.25) is 0 Å². The standard InChI is InChI=1S/C28H21N5O2/c1-33-15-23(26(32-33)17-6-4-3-5-7-17)27-22-13-21(25(35-2)14-24(22)30-16-31-27)18-8-9-20-19(12-18)10-11-29-28(20)34/h3-16H,1-2H3,(H,29,34). The van der Waals surface area contributed by atoms with Crippen LogP contribution in [0, 0.1) is 0 Å². The highest BCUT2D eigenvalue weighted by molar-refractivity contribution is 6.00. The topological polar surface area (TPSA) is 85.7 Å². The highest BCUT2D eigenvalue weighted by Gasteiger charge is 2.18. The molecule has 0 radical (unpaired) electrons. The van der Waals surface area contributed by atoms with Crippen molar-refractivity contribution in [1.82, 2.24) is 24.7 Å². The Morgan fingerprint density at radius 3 is 2.54 bits per heavy atom. The Hall–Kier alpha value is -4.78. The third-order valence-corrected chi connectivity index (χ3v) is 6.17. The molecule has 0 aliphatic heterocycles. The number of methoxy groups -OCH3 is 1. The van der Waals surface area contributed by atoms with E-state index in [0.29, 0.717) is 11.1 Å². The van der Waals surface area contributed by atoms with Crippen LogP contribution < -0.4 is 10.3 Å². The van der Waals surface area contributed by atoms with E-state index in [2.05, 4.69) is 21.0 Å². The summed E-state index contributed by atoms with van der Waals surface area (Å²) in [6.07, 6.45) is 5.21. The van der Waals surface area contributed by atoms with Crippen LogP contribution in [0.5, 0.6) is 5.75 Å². The van der Waals surface area contributed by atoms with Crippen molar-refractivity contribution in [3.8, 4) is 39.4 Å². The summed E-state index contributed by atoms with van der Waals surface area (Å²) in [5.41, 5.74) is 6.08. The first-order valence-corrected chi connectivity index (χ1v) is 11.2. The Bertz CT molecular complexity index is 1770. The Balaban J connectivity index is 1.60. The van der Waals surface area contributed by atoms with Gasteiger partial charge in [-0.1, -0.05) is 36.4 Å². The highest BCUT2D eigenvalue weighted by Crippen LogP contribution is 2.39. The molecule has 6 aromatic rings. The molecule has 1 N–H and O–H groups in total. The van der Waals surface area contributed by atoms with Crippen LogP contribution >= 0.6 is 0 Å². The van der Waals surface area contributed by atoms with Gasteiger partial charge in [0.15, 0.2) is 0 Å². The number of rotatable bonds is 4. The van der Waals surface area contributed by atoms with Crippen molar-refractivity contribution in [2.75, 3.05) is 7.11 Å². The minimum Gasteiger partial charge on any atom is -0.496 e. The van der Waals surface area contributed by atoms with Gasteiger partial charge in [0.1, 0.15) is 17.8 Å². The van der Waals surface area contributed by atoms with Gasteiger partial charge in [-0.05, 0) is 35.2 Å². The van der Waals surface area contributed by atoms with Crippen LogP contribution in [0.1, 0.15) is 0 Å². The number of nitrogens with zero attached hydrogens (tertiary/aromatic N) is 4. The van der Waals surface area contributed by atoms with E-state index in [1.807, 2.05) is 73.9 Å². The molecule has 7 heteroatoms. The molecular formula is C28H21N5O2. The number of aromatic amines is 1. The van der Waals surface area contributed by atoms with Crippen molar-refractivity contribution in [3.05, 3.63) is 95.8 Å². The van der Waals surface area contributed by atoms with E-state index in [1.54, 1.807) is 24.3 Å². The van der Waals surface area contributed by atoms with Crippen molar-refractivity contribution in [3.63, 3.8) is 0 Å². The van der Waals surface area contributed by atoms with Gasteiger partial charge in [-0.25, -0.2) is 9.97 Å². The summed E-state index contributed by atoms with van der Waals surface area (Å²) in [5, 5.41) is 7.11. The Labute approximate surface area is 200 Å². The van der Waals surface area contributed by atoms with Crippen molar-refractivity contribution in [2.24, 2.45) is 7.05 Å². The van der Waals surface area contributed by atoms with E-state index in [4.69, 9.17) is 9.84 Å². The number of hydrogen-bond donors (Lipinski definition) is 1. The Kier molecular flexibility index (Phi) is 4.88. The van der Waals surface area contributed by atoms with E-state index in [0.717, 1.165) is 49.9 Å². The number of pyridine rings is 1. The minimum atomic E-state index is -0.111. The SMILES string of the molecule is COc1cc2ncnc(-c3cn(C)nc3-c3ccccc3)c2cc1-c1ccc2c(=O)[nH]ccc2c1. The predicted octanol–water partition coefficient (Wildman–Crippen LogP) is 5.21. The summed E-state index contributed by atoms with van der Waals surface area (Å²) in [6.45, 7) is 0. The maximum Gasteiger partial charge on any atom is 0.255 e. The maximum atomic E-state index is 12.2. The molecule has 0 unspecified atom stereocenters. The molecule has 3 aromatic carbocycles. The van der Waals surface area contributed by atoms with Crippen molar-refractivity contribution >= 4 is 21.7 Å². The van der Waals surface area contributed by atoms with Gasteiger partial charge in [0, 0.05) is 53.0 Å². The summed E-state index contributed by atoms with van der Waals surface area (Å²) in [4.78, 5) is 24.1. The molecular weight excluding hydrogens is 438 g/mol. The second-order valence-corrected chi connectivity index (χ2v) is 8.33.